The van der Waals surface area contributed by atoms with Crippen molar-refractivity contribution in [2.45, 2.75) is 33.2 Å². The van der Waals surface area contributed by atoms with Gasteiger partial charge in [-0.3, -0.25) is 0 Å². The lowest BCUT2D eigenvalue weighted by Gasteiger charge is -2.18. The van der Waals surface area contributed by atoms with Crippen LogP contribution in [0.15, 0.2) is 22.7 Å². The van der Waals surface area contributed by atoms with Crippen LogP contribution < -0.4 is 10.1 Å². The highest BCUT2D eigenvalue weighted by atomic mass is 79.9. The van der Waals surface area contributed by atoms with E-state index in [0.717, 1.165) is 34.9 Å². The minimum absolute atomic E-state index is 0.532. The number of hydrogen-bond donors (Lipinski definition) is 1. The second-order valence-corrected chi connectivity index (χ2v) is 7.29. The number of hydrogen-bond acceptors (Lipinski definition) is 3. The molecular formula is C16H26BrNOS. The zero-order valence-electron chi connectivity index (χ0n) is 12.9. The number of nitrogens with one attached hydrogen (secondary N) is 1. The summed E-state index contributed by atoms with van der Waals surface area (Å²) in [6.07, 6.45) is 1.06. The Morgan fingerprint density at radius 1 is 1.30 bits per heavy atom. The molecule has 0 amide bonds. The molecule has 1 unspecified atom stereocenters. The molecule has 0 spiro atoms. The Balaban J connectivity index is 2.58. The Labute approximate surface area is 136 Å². The smallest absolute Gasteiger partial charge is 0.133 e. The molecule has 0 aliphatic carbocycles. The monoisotopic (exact) mass is 359 g/mol. The third-order valence-corrected chi connectivity index (χ3v) is 5.12. The third kappa shape index (κ3) is 6.51. The van der Waals surface area contributed by atoms with E-state index in [1.807, 2.05) is 17.8 Å². The van der Waals surface area contributed by atoms with Crippen molar-refractivity contribution in [1.29, 1.82) is 0 Å². The summed E-state index contributed by atoms with van der Waals surface area (Å²) in [6.45, 7) is 7.74. The Morgan fingerprint density at radius 3 is 2.60 bits per heavy atom. The maximum Gasteiger partial charge on any atom is 0.133 e. The minimum atomic E-state index is 0.532. The average Bonchev–Trinajstić information content (AvgIpc) is 2.38. The van der Waals surface area contributed by atoms with E-state index >= 15 is 0 Å². The summed E-state index contributed by atoms with van der Waals surface area (Å²) in [7, 11) is 1.70. The fourth-order valence-corrected chi connectivity index (χ4v) is 3.76. The average molecular weight is 360 g/mol. The van der Waals surface area contributed by atoms with Gasteiger partial charge in [0.2, 0.25) is 0 Å². The van der Waals surface area contributed by atoms with E-state index in [1.54, 1.807) is 7.11 Å². The van der Waals surface area contributed by atoms with Crippen molar-refractivity contribution in [3.63, 3.8) is 0 Å². The van der Waals surface area contributed by atoms with Gasteiger partial charge < -0.3 is 10.1 Å². The van der Waals surface area contributed by atoms with E-state index in [2.05, 4.69) is 54.2 Å². The first-order chi connectivity index (χ1) is 9.56. The molecule has 0 saturated heterocycles. The van der Waals surface area contributed by atoms with Gasteiger partial charge in [0.15, 0.2) is 0 Å². The minimum Gasteiger partial charge on any atom is -0.496 e. The molecule has 114 valence electrons. The molecule has 0 heterocycles. The van der Waals surface area contributed by atoms with Gasteiger partial charge in [-0.1, -0.05) is 26.8 Å². The summed E-state index contributed by atoms with van der Waals surface area (Å²) in [4.78, 5) is 0. The molecule has 1 atom stereocenters. The molecule has 0 bridgehead atoms. The predicted octanol–water partition coefficient (Wildman–Crippen LogP) is 4.37. The van der Waals surface area contributed by atoms with Crippen LogP contribution in [-0.2, 0) is 6.42 Å². The molecule has 1 N–H and O–H groups in total. The molecular weight excluding hydrogens is 334 g/mol. The molecule has 1 aromatic rings. The second kappa shape index (κ2) is 9.69. The standard InChI is InChI=1S/C16H26BrNOS/c1-5-18-14(11-20-10-12(2)3)8-13-6-7-16(19-4)15(17)9-13/h6-7,9,12,14,18H,5,8,10-11H2,1-4H3. The topological polar surface area (TPSA) is 21.3 Å². The maximum atomic E-state index is 5.28. The first kappa shape index (κ1) is 17.9. The van der Waals surface area contributed by atoms with Crippen LogP contribution in [0.5, 0.6) is 5.75 Å². The number of methoxy groups -OCH3 is 1. The molecule has 0 saturated carbocycles. The van der Waals surface area contributed by atoms with Gasteiger partial charge in [0, 0.05) is 11.8 Å². The number of halogens is 1. The highest BCUT2D eigenvalue weighted by Crippen LogP contribution is 2.26. The number of benzene rings is 1. The quantitative estimate of drug-likeness (QED) is 0.707. The van der Waals surface area contributed by atoms with Crippen LogP contribution in [0.3, 0.4) is 0 Å². The van der Waals surface area contributed by atoms with E-state index in [9.17, 15) is 0 Å². The summed E-state index contributed by atoms with van der Waals surface area (Å²) in [5, 5.41) is 3.59. The summed E-state index contributed by atoms with van der Waals surface area (Å²) in [5.41, 5.74) is 1.34. The number of ether oxygens (including phenoxy) is 1. The van der Waals surface area contributed by atoms with Gasteiger partial charge in [-0.15, -0.1) is 0 Å². The maximum absolute atomic E-state index is 5.28. The molecule has 0 aromatic heterocycles. The molecule has 2 nitrogen and oxygen atoms in total. The van der Waals surface area contributed by atoms with Crippen LogP contribution in [0.2, 0.25) is 0 Å². The van der Waals surface area contributed by atoms with Crippen LogP contribution in [0, 0.1) is 5.92 Å². The normalized spacial score (nSPS) is 12.7. The predicted molar refractivity (Wildman–Crippen MR) is 94.0 cm³/mol. The second-order valence-electron chi connectivity index (χ2n) is 5.36. The van der Waals surface area contributed by atoms with Gasteiger partial charge in [0.1, 0.15) is 5.75 Å². The van der Waals surface area contributed by atoms with Gasteiger partial charge in [-0.05, 0) is 58.3 Å². The molecule has 1 rings (SSSR count). The van der Waals surface area contributed by atoms with Gasteiger partial charge in [-0.2, -0.15) is 11.8 Å². The van der Waals surface area contributed by atoms with Crippen molar-refractivity contribution in [1.82, 2.24) is 5.32 Å². The Morgan fingerprint density at radius 2 is 2.05 bits per heavy atom. The van der Waals surface area contributed by atoms with Crippen molar-refractivity contribution < 1.29 is 4.74 Å². The first-order valence-corrected chi connectivity index (χ1v) is 9.15. The van der Waals surface area contributed by atoms with Crippen LogP contribution in [0.4, 0.5) is 0 Å². The molecule has 0 aliphatic heterocycles. The van der Waals surface area contributed by atoms with E-state index in [4.69, 9.17) is 4.74 Å². The summed E-state index contributed by atoms with van der Waals surface area (Å²) < 4.78 is 6.31. The summed E-state index contributed by atoms with van der Waals surface area (Å²) in [6, 6.07) is 6.88. The summed E-state index contributed by atoms with van der Waals surface area (Å²) >= 11 is 5.60. The molecule has 1 aromatic carbocycles. The van der Waals surface area contributed by atoms with E-state index < -0.39 is 0 Å². The van der Waals surface area contributed by atoms with Gasteiger partial charge in [-0.25, -0.2) is 0 Å². The van der Waals surface area contributed by atoms with Crippen LogP contribution in [-0.4, -0.2) is 31.2 Å². The van der Waals surface area contributed by atoms with Crippen LogP contribution >= 0.6 is 27.7 Å². The van der Waals surface area contributed by atoms with Crippen LogP contribution in [0.25, 0.3) is 0 Å². The lowest BCUT2D eigenvalue weighted by molar-refractivity contribution is 0.412. The Kier molecular flexibility index (Phi) is 8.66. The zero-order valence-corrected chi connectivity index (χ0v) is 15.3. The first-order valence-electron chi connectivity index (χ1n) is 7.20. The number of likely N-dealkylation sites (N-methyl/N-ethyl adjacent to an activating group) is 1. The van der Waals surface area contributed by atoms with Gasteiger partial charge >= 0.3 is 0 Å². The third-order valence-electron chi connectivity index (χ3n) is 2.96. The van der Waals surface area contributed by atoms with Crippen molar-refractivity contribution in [3.8, 4) is 5.75 Å². The number of thioether (sulfide) groups is 1. The van der Waals surface area contributed by atoms with E-state index in [0.29, 0.717) is 6.04 Å². The largest absolute Gasteiger partial charge is 0.496 e. The van der Waals surface area contributed by atoms with Gasteiger partial charge in [0.25, 0.3) is 0 Å². The molecule has 0 aliphatic rings. The van der Waals surface area contributed by atoms with Crippen molar-refractivity contribution in [2.24, 2.45) is 5.92 Å². The zero-order chi connectivity index (χ0) is 15.0. The molecule has 20 heavy (non-hydrogen) atoms. The van der Waals surface area contributed by atoms with Gasteiger partial charge in [0.05, 0.1) is 11.6 Å². The molecule has 4 heteroatoms. The molecule has 0 radical (unpaired) electrons. The van der Waals surface area contributed by atoms with Crippen molar-refractivity contribution >= 4 is 27.7 Å². The van der Waals surface area contributed by atoms with E-state index in [1.165, 1.54) is 11.3 Å². The summed E-state index contributed by atoms with van der Waals surface area (Å²) in [5.74, 6) is 4.05. The van der Waals surface area contributed by atoms with Crippen LogP contribution in [0.1, 0.15) is 26.3 Å². The SMILES string of the molecule is CCNC(CSCC(C)C)Cc1ccc(OC)c(Br)c1. The Hall–Kier alpha value is -0.190. The molecule has 0 fully saturated rings. The van der Waals surface area contributed by atoms with Crippen molar-refractivity contribution in [2.75, 3.05) is 25.2 Å². The fraction of sp³-hybridized carbons (Fsp3) is 0.625. The fourth-order valence-electron chi connectivity index (χ4n) is 2.05. The lowest BCUT2D eigenvalue weighted by atomic mass is 10.1. The Bertz CT molecular complexity index is 398. The highest BCUT2D eigenvalue weighted by molar-refractivity contribution is 9.10. The lowest BCUT2D eigenvalue weighted by Crippen LogP contribution is -2.33. The van der Waals surface area contributed by atoms with Crippen molar-refractivity contribution in [3.05, 3.63) is 28.2 Å². The van der Waals surface area contributed by atoms with E-state index in [-0.39, 0.29) is 0 Å². The highest BCUT2D eigenvalue weighted by Gasteiger charge is 2.10. The number of rotatable bonds is 9.